The SMILES string of the molecule is CN=C(NCCc1ccc(C)nc1)N1CCN(Cc2cc(C)on2)CC1. The Kier molecular flexibility index (Phi) is 6.22. The van der Waals surface area contributed by atoms with Gasteiger partial charge in [0.2, 0.25) is 0 Å². The van der Waals surface area contributed by atoms with Gasteiger partial charge in [-0.3, -0.25) is 14.9 Å². The predicted molar refractivity (Wildman–Crippen MR) is 102 cm³/mol. The van der Waals surface area contributed by atoms with E-state index in [1.54, 1.807) is 0 Å². The molecule has 1 aliphatic rings. The zero-order valence-corrected chi connectivity index (χ0v) is 15.9. The van der Waals surface area contributed by atoms with Crippen molar-refractivity contribution < 1.29 is 4.52 Å². The topological polar surface area (TPSA) is 69.8 Å². The second-order valence-corrected chi connectivity index (χ2v) is 6.72. The van der Waals surface area contributed by atoms with E-state index in [2.05, 4.69) is 42.4 Å². The van der Waals surface area contributed by atoms with Crippen LogP contribution in [-0.2, 0) is 13.0 Å². The summed E-state index contributed by atoms with van der Waals surface area (Å²) in [6.07, 6.45) is 2.89. The molecule has 0 bridgehead atoms. The third kappa shape index (κ3) is 5.05. The highest BCUT2D eigenvalue weighted by Crippen LogP contribution is 2.09. The molecule has 0 aliphatic carbocycles. The molecule has 7 nitrogen and oxygen atoms in total. The van der Waals surface area contributed by atoms with Gasteiger partial charge >= 0.3 is 0 Å². The Morgan fingerprint density at radius 2 is 2.04 bits per heavy atom. The van der Waals surface area contributed by atoms with E-state index in [-0.39, 0.29) is 0 Å². The summed E-state index contributed by atoms with van der Waals surface area (Å²) < 4.78 is 5.15. The smallest absolute Gasteiger partial charge is 0.193 e. The normalized spacial score (nSPS) is 16.1. The lowest BCUT2D eigenvalue weighted by atomic mass is 10.2. The number of pyridine rings is 1. The van der Waals surface area contributed by atoms with Crippen LogP contribution in [0.25, 0.3) is 0 Å². The van der Waals surface area contributed by atoms with Crippen LogP contribution >= 0.6 is 0 Å². The molecule has 0 amide bonds. The fourth-order valence-electron chi connectivity index (χ4n) is 3.14. The van der Waals surface area contributed by atoms with Crippen LogP contribution in [0.15, 0.2) is 33.9 Å². The Morgan fingerprint density at radius 3 is 2.65 bits per heavy atom. The summed E-state index contributed by atoms with van der Waals surface area (Å²) in [4.78, 5) is 13.5. The number of aliphatic imine (C=N–C) groups is 1. The molecule has 1 aliphatic heterocycles. The number of nitrogens with zero attached hydrogens (tertiary/aromatic N) is 5. The molecule has 0 aromatic carbocycles. The van der Waals surface area contributed by atoms with Crippen molar-refractivity contribution in [2.24, 2.45) is 4.99 Å². The first-order valence-corrected chi connectivity index (χ1v) is 9.16. The van der Waals surface area contributed by atoms with Gasteiger partial charge < -0.3 is 14.7 Å². The summed E-state index contributed by atoms with van der Waals surface area (Å²) in [5, 5.41) is 7.56. The molecular formula is C19H28N6O. The summed E-state index contributed by atoms with van der Waals surface area (Å²) >= 11 is 0. The van der Waals surface area contributed by atoms with Crippen molar-refractivity contribution in [1.29, 1.82) is 0 Å². The standard InChI is InChI=1S/C19H28N6O/c1-15-4-5-17(13-22-15)6-7-21-19(20-3)25-10-8-24(9-11-25)14-18-12-16(2)26-23-18/h4-5,12-13H,6-11,14H2,1-3H3,(H,20,21). The molecule has 0 saturated carbocycles. The largest absolute Gasteiger partial charge is 0.361 e. The van der Waals surface area contributed by atoms with Crippen molar-refractivity contribution in [3.05, 3.63) is 47.1 Å². The van der Waals surface area contributed by atoms with Gasteiger partial charge in [-0.25, -0.2) is 0 Å². The molecule has 1 N–H and O–H groups in total. The van der Waals surface area contributed by atoms with Gasteiger partial charge in [-0.2, -0.15) is 0 Å². The Labute approximate surface area is 155 Å². The molecule has 2 aromatic heterocycles. The molecule has 0 unspecified atom stereocenters. The molecule has 7 heteroatoms. The maximum Gasteiger partial charge on any atom is 0.193 e. The lowest BCUT2D eigenvalue weighted by Crippen LogP contribution is -2.52. The lowest BCUT2D eigenvalue weighted by Gasteiger charge is -2.36. The van der Waals surface area contributed by atoms with E-state index in [0.29, 0.717) is 0 Å². The van der Waals surface area contributed by atoms with Gasteiger partial charge in [-0.1, -0.05) is 11.2 Å². The van der Waals surface area contributed by atoms with Gasteiger partial charge in [-0.05, 0) is 31.9 Å². The Hall–Kier alpha value is -2.41. The number of hydrogen-bond acceptors (Lipinski definition) is 5. The Balaban J connectivity index is 1.42. The number of piperazine rings is 1. The van der Waals surface area contributed by atoms with Crippen molar-refractivity contribution in [2.45, 2.75) is 26.8 Å². The number of aryl methyl sites for hydroxylation is 2. The zero-order valence-electron chi connectivity index (χ0n) is 15.9. The molecule has 3 heterocycles. The molecule has 1 saturated heterocycles. The fourth-order valence-corrected chi connectivity index (χ4v) is 3.14. The van der Waals surface area contributed by atoms with Gasteiger partial charge in [0, 0.05) is 64.3 Å². The average Bonchev–Trinajstić information content (AvgIpc) is 3.06. The highest BCUT2D eigenvalue weighted by molar-refractivity contribution is 5.80. The highest BCUT2D eigenvalue weighted by atomic mass is 16.5. The highest BCUT2D eigenvalue weighted by Gasteiger charge is 2.20. The average molecular weight is 356 g/mol. The van der Waals surface area contributed by atoms with Crippen LogP contribution in [0.5, 0.6) is 0 Å². The molecule has 140 valence electrons. The van der Waals surface area contributed by atoms with Crippen molar-refractivity contribution in [2.75, 3.05) is 39.8 Å². The van der Waals surface area contributed by atoms with Gasteiger partial charge in [0.1, 0.15) is 5.76 Å². The minimum Gasteiger partial charge on any atom is -0.361 e. The maximum atomic E-state index is 5.15. The third-order valence-corrected chi connectivity index (χ3v) is 4.62. The first-order chi connectivity index (χ1) is 12.6. The van der Waals surface area contributed by atoms with Crippen LogP contribution in [-0.4, -0.2) is 65.7 Å². The number of hydrogen-bond donors (Lipinski definition) is 1. The lowest BCUT2D eigenvalue weighted by molar-refractivity contribution is 0.169. The van der Waals surface area contributed by atoms with Crippen LogP contribution in [0.3, 0.4) is 0 Å². The molecule has 0 radical (unpaired) electrons. The van der Waals surface area contributed by atoms with Crippen LogP contribution in [0.4, 0.5) is 0 Å². The second-order valence-electron chi connectivity index (χ2n) is 6.72. The van der Waals surface area contributed by atoms with Crippen LogP contribution < -0.4 is 5.32 Å². The zero-order chi connectivity index (χ0) is 18.4. The van der Waals surface area contributed by atoms with Crippen LogP contribution in [0.2, 0.25) is 0 Å². The molecule has 3 rings (SSSR count). The molecule has 0 spiro atoms. The number of rotatable bonds is 5. The molecule has 2 aromatic rings. The van der Waals surface area contributed by atoms with E-state index >= 15 is 0 Å². The van der Waals surface area contributed by atoms with Crippen molar-refractivity contribution in [3.63, 3.8) is 0 Å². The summed E-state index contributed by atoms with van der Waals surface area (Å²) in [7, 11) is 1.85. The third-order valence-electron chi connectivity index (χ3n) is 4.62. The monoisotopic (exact) mass is 356 g/mol. The predicted octanol–water partition coefficient (Wildman–Crippen LogP) is 1.62. The van der Waals surface area contributed by atoms with Crippen molar-refractivity contribution in [1.82, 2.24) is 25.3 Å². The summed E-state index contributed by atoms with van der Waals surface area (Å²) in [6.45, 7) is 9.55. The first kappa shape index (κ1) is 18.4. The van der Waals surface area contributed by atoms with Crippen molar-refractivity contribution >= 4 is 5.96 Å². The molecule has 26 heavy (non-hydrogen) atoms. The fraction of sp³-hybridized carbons (Fsp3) is 0.526. The quantitative estimate of drug-likeness (QED) is 0.649. The van der Waals surface area contributed by atoms with E-state index < -0.39 is 0 Å². The molecular weight excluding hydrogens is 328 g/mol. The van der Waals surface area contributed by atoms with E-state index in [0.717, 1.165) is 68.8 Å². The Morgan fingerprint density at radius 1 is 1.23 bits per heavy atom. The van der Waals surface area contributed by atoms with Gasteiger partial charge in [0.15, 0.2) is 5.96 Å². The van der Waals surface area contributed by atoms with Crippen molar-refractivity contribution in [3.8, 4) is 0 Å². The van der Waals surface area contributed by atoms with Gasteiger partial charge in [0.25, 0.3) is 0 Å². The minimum absolute atomic E-state index is 0.845. The summed E-state index contributed by atoms with van der Waals surface area (Å²) in [5.74, 6) is 1.84. The summed E-state index contributed by atoms with van der Waals surface area (Å²) in [5.41, 5.74) is 3.30. The minimum atomic E-state index is 0.845. The van der Waals surface area contributed by atoms with Crippen LogP contribution in [0, 0.1) is 13.8 Å². The molecule has 1 fully saturated rings. The van der Waals surface area contributed by atoms with Crippen LogP contribution in [0.1, 0.15) is 22.7 Å². The number of aromatic nitrogens is 2. The molecule has 0 atom stereocenters. The first-order valence-electron chi connectivity index (χ1n) is 9.16. The van der Waals surface area contributed by atoms with E-state index in [1.165, 1.54) is 5.56 Å². The number of guanidine groups is 1. The van der Waals surface area contributed by atoms with Gasteiger partial charge in [-0.15, -0.1) is 0 Å². The van der Waals surface area contributed by atoms with E-state index in [9.17, 15) is 0 Å². The van der Waals surface area contributed by atoms with E-state index in [4.69, 9.17) is 4.52 Å². The Bertz CT molecular complexity index is 716. The van der Waals surface area contributed by atoms with Gasteiger partial charge in [0.05, 0.1) is 5.69 Å². The number of nitrogens with one attached hydrogen (secondary N) is 1. The maximum absolute atomic E-state index is 5.15. The summed E-state index contributed by atoms with van der Waals surface area (Å²) in [6, 6.07) is 6.20. The second kappa shape index (κ2) is 8.80. The van der Waals surface area contributed by atoms with E-state index in [1.807, 2.05) is 33.2 Å².